The second kappa shape index (κ2) is 6.63. The van der Waals surface area contributed by atoms with E-state index in [4.69, 9.17) is 23.2 Å². The van der Waals surface area contributed by atoms with Crippen LogP contribution in [-0.4, -0.2) is 13.1 Å². The molecule has 1 rings (SSSR count). The maximum absolute atomic E-state index is 6.22. The van der Waals surface area contributed by atoms with E-state index >= 15 is 0 Å². The number of nitrogens with one attached hydrogen (secondary N) is 1. The molecule has 3 heteroatoms. The van der Waals surface area contributed by atoms with Gasteiger partial charge in [0, 0.05) is 16.1 Å². The molecule has 2 unspecified atom stereocenters. The average Bonchev–Trinajstić information content (AvgIpc) is 2.27. The van der Waals surface area contributed by atoms with Crippen molar-refractivity contribution in [3.05, 3.63) is 33.8 Å². The van der Waals surface area contributed by atoms with Gasteiger partial charge in [0.05, 0.1) is 0 Å². The molecule has 0 aromatic heterocycles. The van der Waals surface area contributed by atoms with Gasteiger partial charge in [-0.1, -0.05) is 43.1 Å². The SMILES string of the molecule is CNC(C)C(Cc1c(Cl)cccc1Cl)C(C)C. The molecule has 0 aliphatic heterocycles. The van der Waals surface area contributed by atoms with Gasteiger partial charge in [-0.15, -0.1) is 0 Å². The molecular weight excluding hydrogens is 253 g/mol. The third-order valence-corrected chi connectivity index (χ3v) is 4.16. The van der Waals surface area contributed by atoms with Crippen LogP contribution in [0.5, 0.6) is 0 Å². The van der Waals surface area contributed by atoms with Gasteiger partial charge in [-0.3, -0.25) is 0 Å². The zero-order valence-corrected chi connectivity index (χ0v) is 12.4. The summed E-state index contributed by atoms with van der Waals surface area (Å²) in [6.07, 6.45) is 0.915. The van der Waals surface area contributed by atoms with Gasteiger partial charge in [-0.05, 0) is 49.9 Å². The average molecular weight is 274 g/mol. The third-order valence-electron chi connectivity index (χ3n) is 3.46. The summed E-state index contributed by atoms with van der Waals surface area (Å²) in [5, 5.41) is 4.86. The lowest BCUT2D eigenvalue weighted by Gasteiger charge is -2.28. The van der Waals surface area contributed by atoms with Gasteiger partial charge in [0.1, 0.15) is 0 Å². The third kappa shape index (κ3) is 3.87. The van der Waals surface area contributed by atoms with E-state index in [1.54, 1.807) is 0 Å². The Labute approximate surface area is 115 Å². The van der Waals surface area contributed by atoms with Crippen LogP contribution in [0.4, 0.5) is 0 Å². The van der Waals surface area contributed by atoms with Crippen LogP contribution in [0.2, 0.25) is 10.0 Å². The highest BCUT2D eigenvalue weighted by Crippen LogP contribution is 2.30. The number of hydrogen-bond donors (Lipinski definition) is 1. The molecule has 0 bridgehead atoms. The van der Waals surface area contributed by atoms with Crippen LogP contribution >= 0.6 is 23.2 Å². The van der Waals surface area contributed by atoms with Crippen LogP contribution in [-0.2, 0) is 6.42 Å². The van der Waals surface area contributed by atoms with Crippen molar-refractivity contribution in [3.8, 4) is 0 Å². The van der Waals surface area contributed by atoms with E-state index < -0.39 is 0 Å². The fraction of sp³-hybridized carbons (Fsp3) is 0.571. The Morgan fingerprint density at radius 2 is 1.65 bits per heavy atom. The topological polar surface area (TPSA) is 12.0 Å². The standard InChI is InChI=1S/C14H21Cl2N/c1-9(2)11(10(3)17-4)8-12-13(15)6-5-7-14(12)16/h5-7,9-11,17H,8H2,1-4H3. The van der Waals surface area contributed by atoms with Crippen molar-refractivity contribution in [3.63, 3.8) is 0 Å². The van der Waals surface area contributed by atoms with Gasteiger partial charge in [0.15, 0.2) is 0 Å². The largest absolute Gasteiger partial charge is 0.317 e. The molecule has 0 aliphatic rings. The first kappa shape index (κ1) is 14.8. The number of rotatable bonds is 5. The Balaban J connectivity index is 2.94. The fourth-order valence-corrected chi connectivity index (χ4v) is 2.72. The molecule has 17 heavy (non-hydrogen) atoms. The first-order valence-electron chi connectivity index (χ1n) is 6.07. The highest BCUT2D eigenvalue weighted by atomic mass is 35.5. The lowest BCUT2D eigenvalue weighted by atomic mass is 9.84. The summed E-state index contributed by atoms with van der Waals surface area (Å²) in [5.41, 5.74) is 1.07. The molecule has 0 saturated heterocycles. The van der Waals surface area contributed by atoms with E-state index in [0.29, 0.717) is 17.9 Å². The number of benzene rings is 1. The first-order chi connectivity index (χ1) is 7.97. The first-order valence-corrected chi connectivity index (χ1v) is 6.83. The molecular formula is C14H21Cl2N. The molecule has 0 fully saturated rings. The second-order valence-corrected chi connectivity index (χ2v) is 5.70. The van der Waals surface area contributed by atoms with Gasteiger partial charge >= 0.3 is 0 Å². The highest BCUT2D eigenvalue weighted by molar-refractivity contribution is 6.35. The molecule has 0 radical (unpaired) electrons. The Kier molecular flexibility index (Phi) is 5.78. The molecule has 1 nitrogen and oxygen atoms in total. The number of halogens is 2. The molecule has 96 valence electrons. The van der Waals surface area contributed by atoms with Crippen LogP contribution in [0.1, 0.15) is 26.3 Å². The summed E-state index contributed by atoms with van der Waals surface area (Å²) in [4.78, 5) is 0. The smallest absolute Gasteiger partial charge is 0.0452 e. The minimum atomic E-state index is 0.447. The Hall–Kier alpha value is -0.240. The minimum absolute atomic E-state index is 0.447. The van der Waals surface area contributed by atoms with Crippen molar-refractivity contribution >= 4 is 23.2 Å². The summed E-state index contributed by atoms with van der Waals surface area (Å²) < 4.78 is 0. The molecule has 0 amide bonds. The van der Waals surface area contributed by atoms with Crippen LogP contribution in [0.25, 0.3) is 0 Å². The molecule has 0 saturated carbocycles. The lowest BCUT2D eigenvalue weighted by molar-refractivity contribution is 0.300. The Morgan fingerprint density at radius 3 is 2.06 bits per heavy atom. The summed E-state index contributed by atoms with van der Waals surface area (Å²) in [5.74, 6) is 1.11. The summed E-state index contributed by atoms with van der Waals surface area (Å²) in [7, 11) is 1.99. The quantitative estimate of drug-likeness (QED) is 0.838. The summed E-state index contributed by atoms with van der Waals surface area (Å²) in [6, 6.07) is 6.15. The van der Waals surface area contributed by atoms with Crippen molar-refractivity contribution in [1.82, 2.24) is 5.32 Å². The number of hydrogen-bond acceptors (Lipinski definition) is 1. The zero-order valence-electron chi connectivity index (χ0n) is 10.9. The van der Waals surface area contributed by atoms with Crippen LogP contribution < -0.4 is 5.32 Å². The van der Waals surface area contributed by atoms with Gasteiger partial charge in [-0.25, -0.2) is 0 Å². The van der Waals surface area contributed by atoms with Gasteiger partial charge in [0.2, 0.25) is 0 Å². The Bertz CT molecular complexity index is 343. The second-order valence-electron chi connectivity index (χ2n) is 4.89. The van der Waals surface area contributed by atoms with Gasteiger partial charge in [-0.2, -0.15) is 0 Å². The predicted octanol–water partition coefficient (Wildman–Crippen LogP) is 4.42. The molecule has 0 spiro atoms. The molecule has 2 atom stereocenters. The van der Waals surface area contributed by atoms with E-state index in [2.05, 4.69) is 26.1 Å². The van der Waals surface area contributed by atoms with E-state index in [9.17, 15) is 0 Å². The van der Waals surface area contributed by atoms with Crippen LogP contribution in [0, 0.1) is 11.8 Å². The predicted molar refractivity (Wildman–Crippen MR) is 77.0 cm³/mol. The summed E-state index contributed by atoms with van der Waals surface area (Å²) in [6.45, 7) is 6.68. The van der Waals surface area contributed by atoms with Crippen LogP contribution in [0.3, 0.4) is 0 Å². The van der Waals surface area contributed by atoms with Crippen molar-refractivity contribution in [2.45, 2.75) is 33.2 Å². The van der Waals surface area contributed by atoms with E-state index in [1.807, 2.05) is 25.2 Å². The maximum Gasteiger partial charge on any atom is 0.0452 e. The maximum atomic E-state index is 6.22. The van der Waals surface area contributed by atoms with Gasteiger partial charge < -0.3 is 5.32 Å². The normalized spacial score (nSPS) is 15.0. The summed E-state index contributed by atoms with van der Waals surface area (Å²) >= 11 is 12.4. The molecule has 0 heterocycles. The van der Waals surface area contributed by atoms with Crippen molar-refractivity contribution in [2.75, 3.05) is 7.05 Å². The lowest BCUT2D eigenvalue weighted by Crippen LogP contribution is -2.35. The molecule has 1 aromatic carbocycles. The Morgan fingerprint density at radius 1 is 1.12 bits per heavy atom. The van der Waals surface area contributed by atoms with Crippen molar-refractivity contribution in [2.24, 2.45) is 11.8 Å². The van der Waals surface area contributed by atoms with E-state index in [1.165, 1.54) is 0 Å². The van der Waals surface area contributed by atoms with E-state index in [-0.39, 0.29) is 0 Å². The molecule has 1 aromatic rings. The van der Waals surface area contributed by atoms with Crippen LogP contribution in [0.15, 0.2) is 18.2 Å². The minimum Gasteiger partial charge on any atom is -0.317 e. The van der Waals surface area contributed by atoms with Crippen molar-refractivity contribution < 1.29 is 0 Å². The highest BCUT2D eigenvalue weighted by Gasteiger charge is 2.22. The zero-order chi connectivity index (χ0) is 13.0. The fourth-order valence-electron chi connectivity index (χ4n) is 2.17. The van der Waals surface area contributed by atoms with Crippen molar-refractivity contribution in [1.29, 1.82) is 0 Å². The monoisotopic (exact) mass is 273 g/mol. The van der Waals surface area contributed by atoms with Gasteiger partial charge in [0.25, 0.3) is 0 Å². The molecule has 0 aliphatic carbocycles. The van der Waals surface area contributed by atoms with E-state index in [0.717, 1.165) is 22.0 Å². The molecule has 1 N–H and O–H groups in total.